The minimum absolute atomic E-state index is 0.133. The van der Waals surface area contributed by atoms with Gasteiger partial charge in [0.25, 0.3) is 5.91 Å². The highest BCUT2D eigenvalue weighted by Crippen LogP contribution is 2.38. The quantitative estimate of drug-likeness (QED) is 0.383. The van der Waals surface area contributed by atoms with Crippen LogP contribution < -0.4 is 15.4 Å². The zero-order chi connectivity index (χ0) is 21.6. The van der Waals surface area contributed by atoms with Crippen LogP contribution in [0.25, 0.3) is 0 Å². The smallest absolute Gasteiger partial charge is 0.256 e. The topological polar surface area (TPSA) is 63.2 Å². The third-order valence-corrected chi connectivity index (χ3v) is 5.82. The lowest BCUT2D eigenvalue weighted by atomic mass is 9.99. The molecule has 0 fully saturated rings. The van der Waals surface area contributed by atoms with Gasteiger partial charge >= 0.3 is 0 Å². The number of carbonyl (C=O) groups excluding carboxylic acids is 1. The van der Waals surface area contributed by atoms with Gasteiger partial charge in [0, 0.05) is 22.2 Å². The van der Waals surface area contributed by atoms with Crippen molar-refractivity contribution in [2.75, 3.05) is 17.7 Å². The van der Waals surface area contributed by atoms with E-state index in [0.29, 0.717) is 5.56 Å². The van der Waals surface area contributed by atoms with Gasteiger partial charge in [-0.3, -0.25) is 4.79 Å². The first kappa shape index (κ1) is 20.6. The van der Waals surface area contributed by atoms with Crippen LogP contribution >= 0.6 is 11.3 Å². The van der Waals surface area contributed by atoms with Crippen LogP contribution in [0.2, 0.25) is 0 Å². The largest absolute Gasteiger partial charge is 0.497 e. The molecule has 0 saturated carbocycles. The Morgan fingerprint density at radius 3 is 2.55 bits per heavy atom. The maximum atomic E-state index is 12.8. The second-order valence-electron chi connectivity index (χ2n) is 7.03. The molecule has 156 valence electrons. The van der Waals surface area contributed by atoms with Gasteiger partial charge in [-0.1, -0.05) is 36.4 Å². The number of carbonyl (C=O) groups is 1. The third kappa shape index (κ3) is 4.92. The molecule has 0 aliphatic carbocycles. The Kier molecular flexibility index (Phi) is 6.29. The SMILES string of the molecule is COc1cccc([C@H](Nc2ccccn2)c2cc(C)sc2NC(=O)c2ccccc2)c1. The molecule has 0 saturated heterocycles. The molecule has 4 aromatic rings. The van der Waals surface area contributed by atoms with E-state index in [-0.39, 0.29) is 11.9 Å². The normalized spacial score (nSPS) is 11.5. The average Bonchev–Trinajstić information content (AvgIpc) is 3.18. The predicted octanol–water partition coefficient (Wildman–Crippen LogP) is 5.91. The van der Waals surface area contributed by atoms with Gasteiger partial charge in [0.2, 0.25) is 0 Å². The van der Waals surface area contributed by atoms with E-state index in [4.69, 9.17) is 4.74 Å². The van der Waals surface area contributed by atoms with Crippen LogP contribution in [0, 0.1) is 6.92 Å². The van der Waals surface area contributed by atoms with Crippen LogP contribution in [-0.2, 0) is 0 Å². The summed E-state index contributed by atoms with van der Waals surface area (Å²) < 4.78 is 5.44. The summed E-state index contributed by atoms with van der Waals surface area (Å²) in [5.74, 6) is 1.39. The minimum Gasteiger partial charge on any atom is -0.497 e. The lowest BCUT2D eigenvalue weighted by Gasteiger charge is -2.21. The fourth-order valence-corrected chi connectivity index (χ4v) is 4.31. The Hall–Kier alpha value is -3.64. The molecular weight excluding hydrogens is 406 g/mol. The lowest BCUT2D eigenvalue weighted by Crippen LogP contribution is -2.17. The number of aryl methyl sites for hydroxylation is 1. The van der Waals surface area contributed by atoms with Gasteiger partial charge in [0.15, 0.2) is 0 Å². The number of anilines is 2. The molecule has 0 unspecified atom stereocenters. The number of methoxy groups -OCH3 is 1. The molecule has 5 nitrogen and oxygen atoms in total. The summed E-state index contributed by atoms with van der Waals surface area (Å²) in [4.78, 5) is 18.4. The van der Waals surface area contributed by atoms with Crippen LogP contribution in [-0.4, -0.2) is 18.0 Å². The van der Waals surface area contributed by atoms with E-state index in [1.165, 1.54) is 0 Å². The van der Waals surface area contributed by atoms with Gasteiger partial charge in [0.1, 0.15) is 16.6 Å². The maximum Gasteiger partial charge on any atom is 0.256 e. The molecule has 31 heavy (non-hydrogen) atoms. The van der Waals surface area contributed by atoms with E-state index in [2.05, 4.69) is 21.7 Å². The highest BCUT2D eigenvalue weighted by Gasteiger charge is 2.22. The van der Waals surface area contributed by atoms with E-state index >= 15 is 0 Å². The molecule has 2 aromatic heterocycles. The van der Waals surface area contributed by atoms with E-state index in [0.717, 1.165) is 32.6 Å². The van der Waals surface area contributed by atoms with Crippen molar-refractivity contribution in [3.05, 3.63) is 107 Å². The summed E-state index contributed by atoms with van der Waals surface area (Å²) in [6.07, 6.45) is 1.75. The molecule has 2 aromatic carbocycles. The number of thiophene rings is 1. The highest BCUT2D eigenvalue weighted by atomic mass is 32.1. The summed E-state index contributed by atoms with van der Waals surface area (Å²) in [7, 11) is 1.65. The molecule has 2 N–H and O–H groups in total. The van der Waals surface area contributed by atoms with E-state index in [9.17, 15) is 4.79 Å². The number of ether oxygens (including phenoxy) is 1. The van der Waals surface area contributed by atoms with Crippen molar-refractivity contribution in [1.29, 1.82) is 0 Å². The van der Waals surface area contributed by atoms with Crippen molar-refractivity contribution >= 4 is 28.1 Å². The van der Waals surface area contributed by atoms with Crippen molar-refractivity contribution in [3.8, 4) is 5.75 Å². The number of nitrogens with one attached hydrogen (secondary N) is 2. The fraction of sp³-hybridized carbons (Fsp3) is 0.120. The molecule has 0 aliphatic rings. The summed E-state index contributed by atoms with van der Waals surface area (Å²) in [6.45, 7) is 2.04. The van der Waals surface area contributed by atoms with Crippen LogP contribution in [0.5, 0.6) is 5.75 Å². The minimum atomic E-state index is -0.221. The standard InChI is InChI=1S/C25H23N3O2S/c1-17-15-21(25(31-17)28-24(29)18-9-4-3-5-10-18)23(27-22-13-6-7-14-26-22)19-11-8-12-20(16-19)30-2/h3-16,23H,1-2H3,(H,26,27)(H,28,29)/t23-/m0/s1. The van der Waals surface area contributed by atoms with E-state index < -0.39 is 0 Å². The van der Waals surface area contributed by atoms with Crippen molar-refractivity contribution < 1.29 is 9.53 Å². The van der Waals surface area contributed by atoms with Crippen molar-refractivity contribution in [2.24, 2.45) is 0 Å². The van der Waals surface area contributed by atoms with Gasteiger partial charge < -0.3 is 15.4 Å². The summed E-state index contributed by atoms with van der Waals surface area (Å²) >= 11 is 1.56. The van der Waals surface area contributed by atoms with Crippen LogP contribution in [0.3, 0.4) is 0 Å². The number of amides is 1. The van der Waals surface area contributed by atoms with Gasteiger partial charge in [-0.05, 0) is 55.0 Å². The Morgan fingerprint density at radius 1 is 1.00 bits per heavy atom. The molecule has 0 spiro atoms. The number of rotatable bonds is 7. The second kappa shape index (κ2) is 9.45. The van der Waals surface area contributed by atoms with Gasteiger partial charge in [-0.2, -0.15) is 0 Å². The average molecular weight is 430 g/mol. The summed E-state index contributed by atoms with van der Waals surface area (Å²) in [6, 6.07) is 24.8. The zero-order valence-corrected chi connectivity index (χ0v) is 18.1. The Bertz CT molecular complexity index is 1160. The van der Waals surface area contributed by atoms with Crippen molar-refractivity contribution in [2.45, 2.75) is 13.0 Å². The number of aromatic nitrogens is 1. The summed E-state index contributed by atoms with van der Waals surface area (Å²) in [5, 5.41) is 7.43. The van der Waals surface area contributed by atoms with Gasteiger partial charge in [-0.25, -0.2) is 4.98 Å². The molecule has 2 heterocycles. The first-order chi connectivity index (χ1) is 15.1. The van der Waals surface area contributed by atoms with E-state index in [1.807, 2.05) is 67.6 Å². The Labute approximate surface area is 185 Å². The van der Waals surface area contributed by atoms with Crippen molar-refractivity contribution in [1.82, 2.24) is 4.98 Å². The van der Waals surface area contributed by atoms with Crippen LogP contribution in [0.1, 0.15) is 32.4 Å². The fourth-order valence-electron chi connectivity index (χ4n) is 3.37. The van der Waals surface area contributed by atoms with Gasteiger partial charge in [0.05, 0.1) is 13.2 Å². The first-order valence-electron chi connectivity index (χ1n) is 9.92. The van der Waals surface area contributed by atoms with E-state index in [1.54, 1.807) is 36.8 Å². The molecule has 6 heteroatoms. The zero-order valence-electron chi connectivity index (χ0n) is 17.3. The first-order valence-corrected chi connectivity index (χ1v) is 10.7. The van der Waals surface area contributed by atoms with Gasteiger partial charge in [-0.15, -0.1) is 11.3 Å². The number of hydrogen-bond acceptors (Lipinski definition) is 5. The highest BCUT2D eigenvalue weighted by molar-refractivity contribution is 7.16. The number of nitrogens with zero attached hydrogens (tertiary/aromatic N) is 1. The molecule has 4 rings (SSSR count). The number of pyridine rings is 1. The molecule has 1 atom stereocenters. The molecular formula is C25H23N3O2S. The van der Waals surface area contributed by atoms with Crippen LogP contribution in [0.15, 0.2) is 85.1 Å². The lowest BCUT2D eigenvalue weighted by molar-refractivity contribution is 0.102. The molecule has 0 radical (unpaired) electrons. The second-order valence-corrected chi connectivity index (χ2v) is 8.29. The Balaban J connectivity index is 1.73. The van der Waals surface area contributed by atoms with Crippen molar-refractivity contribution in [3.63, 3.8) is 0 Å². The number of benzene rings is 2. The molecule has 1 amide bonds. The third-order valence-electron chi connectivity index (χ3n) is 4.84. The van der Waals surface area contributed by atoms with Crippen LogP contribution in [0.4, 0.5) is 10.8 Å². The maximum absolute atomic E-state index is 12.8. The number of hydrogen-bond donors (Lipinski definition) is 2. The molecule has 0 bridgehead atoms. The Morgan fingerprint density at radius 2 is 1.81 bits per heavy atom. The molecule has 0 aliphatic heterocycles. The summed E-state index contributed by atoms with van der Waals surface area (Å²) in [5.41, 5.74) is 2.61. The predicted molar refractivity (Wildman–Crippen MR) is 126 cm³/mol. The monoisotopic (exact) mass is 429 g/mol.